The number of para-hydroxylation sites is 3. The topological polar surface area (TPSA) is 89.4 Å². The SMILES string of the molecule is CC(C)C(C)CN1C(=O)C(N=[N+]=[N-])C(=O)N(c2ccccc2)c2ccccc21. The number of benzene rings is 2. The monoisotopic (exact) mass is 377 g/mol. The van der Waals surface area contributed by atoms with Gasteiger partial charge in [-0.25, -0.2) is 0 Å². The lowest BCUT2D eigenvalue weighted by atomic mass is 9.97. The molecular weight excluding hydrogens is 354 g/mol. The van der Waals surface area contributed by atoms with Crippen LogP contribution in [-0.2, 0) is 9.59 Å². The first-order chi connectivity index (χ1) is 13.5. The van der Waals surface area contributed by atoms with Crippen LogP contribution in [0.4, 0.5) is 17.1 Å². The summed E-state index contributed by atoms with van der Waals surface area (Å²) in [5.41, 5.74) is 10.8. The summed E-state index contributed by atoms with van der Waals surface area (Å²) >= 11 is 0. The van der Waals surface area contributed by atoms with E-state index in [0.29, 0.717) is 29.5 Å². The number of carbonyl (C=O) groups is 2. The van der Waals surface area contributed by atoms with E-state index in [0.717, 1.165) is 0 Å². The number of rotatable bonds is 5. The number of nitrogens with zero attached hydrogens (tertiary/aromatic N) is 5. The molecule has 0 fully saturated rings. The van der Waals surface area contributed by atoms with Crippen molar-refractivity contribution < 1.29 is 9.59 Å². The third-order valence-electron chi connectivity index (χ3n) is 5.16. The predicted octanol–water partition coefficient (Wildman–Crippen LogP) is 4.67. The van der Waals surface area contributed by atoms with Crippen molar-refractivity contribution in [3.63, 3.8) is 0 Å². The van der Waals surface area contributed by atoms with Crippen molar-refractivity contribution in [2.75, 3.05) is 16.3 Å². The Labute approximate surface area is 164 Å². The molecule has 3 rings (SSSR count). The highest BCUT2D eigenvalue weighted by Gasteiger charge is 2.40. The molecule has 2 unspecified atom stereocenters. The van der Waals surface area contributed by atoms with Crippen LogP contribution < -0.4 is 9.80 Å². The third-order valence-corrected chi connectivity index (χ3v) is 5.16. The van der Waals surface area contributed by atoms with E-state index in [9.17, 15) is 9.59 Å². The quantitative estimate of drug-likeness (QED) is 0.328. The zero-order valence-electron chi connectivity index (χ0n) is 16.2. The molecule has 7 nitrogen and oxygen atoms in total. The number of fused-ring (bicyclic) bond motifs is 1. The van der Waals surface area contributed by atoms with E-state index in [1.165, 1.54) is 4.90 Å². The summed E-state index contributed by atoms with van der Waals surface area (Å²) in [6, 6.07) is 14.9. The van der Waals surface area contributed by atoms with Gasteiger partial charge in [0, 0.05) is 17.1 Å². The first kappa shape index (κ1) is 19.5. The van der Waals surface area contributed by atoms with Crippen molar-refractivity contribution >= 4 is 28.9 Å². The summed E-state index contributed by atoms with van der Waals surface area (Å²) < 4.78 is 0. The molecule has 0 bridgehead atoms. The molecule has 2 aromatic carbocycles. The standard InChI is InChI=1S/C21H23N5O2/c1-14(2)15(3)13-25-17-11-7-8-12-18(17)26(16-9-5-4-6-10-16)21(28)19(20(25)27)23-24-22/h4-12,14-15,19H,13H2,1-3H3. The van der Waals surface area contributed by atoms with E-state index in [-0.39, 0.29) is 5.92 Å². The molecule has 0 saturated heterocycles. The summed E-state index contributed by atoms with van der Waals surface area (Å²) in [5.74, 6) is -0.508. The Kier molecular flexibility index (Phi) is 5.66. The van der Waals surface area contributed by atoms with E-state index in [4.69, 9.17) is 5.53 Å². The molecule has 2 amide bonds. The maximum absolute atomic E-state index is 13.3. The minimum atomic E-state index is -1.45. The fourth-order valence-electron chi connectivity index (χ4n) is 3.18. The van der Waals surface area contributed by atoms with E-state index < -0.39 is 17.9 Å². The molecule has 144 valence electrons. The molecule has 0 aliphatic carbocycles. The minimum absolute atomic E-state index is 0.196. The second-order valence-electron chi connectivity index (χ2n) is 7.28. The zero-order chi connectivity index (χ0) is 20.3. The van der Waals surface area contributed by atoms with Crippen LogP contribution in [0.15, 0.2) is 59.7 Å². The highest BCUT2D eigenvalue weighted by molar-refractivity contribution is 6.22. The van der Waals surface area contributed by atoms with Gasteiger partial charge in [0.15, 0.2) is 6.04 Å². The molecule has 0 spiro atoms. The number of carbonyl (C=O) groups excluding carboxylic acids is 2. The Hall–Kier alpha value is -3.31. The van der Waals surface area contributed by atoms with Crippen LogP contribution in [0, 0.1) is 11.8 Å². The van der Waals surface area contributed by atoms with Gasteiger partial charge in [-0.3, -0.25) is 14.5 Å². The van der Waals surface area contributed by atoms with Crippen LogP contribution in [-0.4, -0.2) is 24.4 Å². The van der Waals surface area contributed by atoms with Gasteiger partial charge in [0.2, 0.25) is 11.8 Å². The number of hydrogen-bond donors (Lipinski definition) is 0. The van der Waals surface area contributed by atoms with Crippen molar-refractivity contribution in [1.82, 2.24) is 0 Å². The van der Waals surface area contributed by atoms with Crippen molar-refractivity contribution in [1.29, 1.82) is 0 Å². The van der Waals surface area contributed by atoms with Crippen molar-refractivity contribution in [2.45, 2.75) is 26.8 Å². The average Bonchev–Trinajstić information content (AvgIpc) is 2.78. The lowest BCUT2D eigenvalue weighted by molar-refractivity contribution is -0.127. The van der Waals surface area contributed by atoms with Crippen LogP contribution in [0.5, 0.6) is 0 Å². The second-order valence-corrected chi connectivity index (χ2v) is 7.28. The Balaban J connectivity index is 2.21. The van der Waals surface area contributed by atoms with Gasteiger partial charge in [0.25, 0.3) is 0 Å². The Morgan fingerprint density at radius 2 is 1.57 bits per heavy atom. The highest BCUT2D eigenvalue weighted by atomic mass is 16.2. The van der Waals surface area contributed by atoms with Gasteiger partial charge in [0.1, 0.15) is 0 Å². The lowest BCUT2D eigenvalue weighted by Gasteiger charge is -2.29. The summed E-state index contributed by atoms with van der Waals surface area (Å²) in [6.07, 6.45) is 0. The van der Waals surface area contributed by atoms with Crippen LogP contribution in [0.2, 0.25) is 0 Å². The first-order valence-electron chi connectivity index (χ1n) is 9.29. The van der Waals surface area contributed by atoms with Crippen LogP contribution in [0.25, 0.3) is 10.4 Å². The molecule has 1 heterocycles. The Bertz CT molecular complexity index is 921. The molecule has 1 aliphatic heterocycles. The average molecular weight is 377 g/mol. The molecule has 0 radical (unpaired) electrons. The van der Waals surface area contributed by atoms with E-state index in [1.54, 1.807) is 23.1 Å². The Morgan fingerprint density at radius 3 is 2.18 bits per heavy atom. The van der Waals surface area contributed by atoms with Crippen LogP contribution in [0.1, 0.15) is 20.8 Å². The van der Waals surface area contributed by atoms with Crippen molar-refractivity contribution in [3.8, 4) is 0 Å². The zero-order valence-corrected chi connectivity index (χ0v) is 16.2. The Morgan fingerprint density at radius 1 is 0.964 bits per heavy atom. The van der Waals surface area contributed by atoms with Crippen LogP contribution in [0.3, 0.4) is 0 Å². The van der Waals surface area contributed by atoms with Gasteiger partial charge in [-0.15, -0.1) is 0 Å². The molecule has 28 heavy (non-hydrogen) atoms. The molecule has 1 aliphatic rings. The highest BCUT2D eigenvalue weighted by Crippen LogP contribution is 2.39. The molecule has 0 N–H and O–H groups in total. The molecular formula is C21H23N5O2. The van der Waals surface area contributed by atoms with E-state index in [1.807, 2.05) is 36.4 Å². The maximum Gasteiger partial charge on any atom is 0.250 e. The first-order valence-corrected chi connectivity index (χ1v) is 9.29. The van der Waals surface area contributed by atoms with Gasteiger partial charge in [0.05, 0.1) is 11.4 Å². The second kappa shape index (κ2) is 8.15. The summed E-state index contributed by atoms with van der Waals surface area (Å²) in [4.78, 5) is 32.4. The number of hydrogen-bond acceptors (Lipinski definition) is 3. The summed E-state index contributed by atoms with van der Waals surface area (Å²) in [5, 5.41) is 3.56. The van der Waals surface area contributed by atoms with E-state index in [2.05, 4.69) is 30.8 Å². The largest absolute Gasteiger partial charge is 0.309 e. The number of amides is 2. The molecule has 2 aromatic rings. The maximum atomic E-state index is 13.3. The smallest absolute Gasteiger partial charge is 0.250 e. The van der Waals surface area contributed by atoms with Crippen molar-refractivity contribution in [2.24, 2.45) is 17.0 Å². The van der Waals surface area contributed by atoms with Gasteiger partial charge in [-0.05, 0) is 41.6 Å². The normalized spacial score (nSPS) is 17.8. The lowest BCUT2D eigenvalue weighted by Crippen LogP contribution is -2.45. The van der Waals surface area contributed by atoms with Gasteiger partial charge in [-0.1, -0.05) is 56.2 Å². The summed E-state index contributed by atoms with van der Waals surface area (Å²) in [6.45, 7) is 6.67. The predicted molar refractivity (Wildman–Crippen MR) is 109 cm³/mol. The number of anilines is 3. The van der Waals surface area contributed by atoms with Gasteiger partial charge in [-0.2, -0.15) is 0 Å². The van der Waals surface area contributed by atoms with Gasteiger partial charge < -0.3 is 4.90 Å². The fourth-order valence-corrected chi connectivity index (χ4v) is 3.18. The van der Waals surface area contributed by atoms with Crippen LogP contribution >= 0.6 is 0 Å². The minimum Gasteiger partial charge on any atom is -0.309 e. The fraction of sp³-hybridized carbons (Fsp3) is 0.333. The third kappa shape index (κ3) is 3.57. The summed E-state index contributed by atoms with van der Waals surface area (Å²) in [7, 11) is 0. The molecule has 0 aromatic heterocycles. The molecule has 0 saturated carbocycles. The molecule has 7 heteroatoms. The van der Waals surface area contributed by atoms with Gasteiger partial charge >= 0.3 is 0 Å². The number of azide groups is 1. The molecule has 2 atom stereocenters. The van der Waals surface area contributed by atoms with E-state index >= 15 is 0 Å². The van der Waals surface area contributed by atoms with Crippen molar-refractivity contribution in [3.05, 3.63) is 65.0 Å².